The summed E-state index contributed by atoms with van der Waals surface area (Å²) in [7, 11) is 0. The molecule has 0 aliphatic heterocycles. The summed E-state index contributed by atoms with van der Waals surface area (Å²) >= 11 is 0. The molecular weight excluding hydrogens is 733 g/mol. The van der Waals surface area contributed by atoms with E-state index in [0.29, 0.717) is 19.3 Å². The van der Waals surface area contributed by atoms with Gasteiger partial charge in [-0.2, -0.15) is 0 Å². The van der Waals surface area contributed by atoms with Gasteiger partial charge in [-0.1, -0.05) is 231 Å². The Balaban J connectivity index is 4.29. The summed E-state index contributed by atoms with van der Waals surface area (Å²) < 4.78 is 16.8. The van der Waals surface area contributed by atoms with Gasteiger partial charge in [0.25, 0.3) is 0 Å². The molecule has 59 heavy (non-hydrogen) atoms. The molecule has 0 spiro atoms. The van der Waals surface area contributed by atoms with Crippen LogP contribution in [0.1, 0.15) is 278 Å². The molecule has 1 unspecified atom stereocenters. The first kappa shape index (κ1) is 56.9. The van der Waals surface area contributed by atoms with Gasteiger partial charge in [-0.15, -0.1) is 0 Å². The van der Waals surface area contributed by atoms with Crippen LogP contribution in [0.15, 0.2) is 24.3 Å². The topological polar surface area (TPSA) is 78.9 Å². The lowest BCUT2D eigenvalue weighted by Crippen LogP contribution is -2.30. The van der Waals surface area contributed by atoms with Gasteiger partial charge in [0.15, 0.2) is 6.10 Å². The summed E-state index contributed by atoms with van der Waals surface area (Å²) in [5, 5.41) is 0. The van der Waals surface area contributed by atoms with Gasteiger partial charge >= 0.3 is 17.9 Å². The molecule has 6 heteroatoms. The van der Waals surface area contributed by atoms with Crippen LogP contribution < -0.4 is 0 Å². The van der Waals surface area contributed by atoms with Gasteiger partial charge in [0, 0.05) is 19.3 Å². The highest BCUT2D eigenvalue weighted by atomic mass is 16.6. The number of hydrogen-bond donors (Lipinski definition) is 0. The second kappa shape index (κ2) is 48.6. The normalized spacial score (nSPS) is 12.1. The minimum absolute atomic E-state index is 0.0694. The maximum absolute atomic E-state index is 12.8. The molecule has 0 saturated heterocycles. The van der Waals surface area contributed by atoms with Crippen LogP contribution in [0.25, 0.3) is 0 Å². The SMILES string of the molecule is CCCCCC/C=C\C/C=C\CCCCCCCCCC(=O)OCC(COC(=O)CCCCCCCCCCC)OC(=O)CCCCCCCCCCCCCCCC. The molecule has 0 rings (SSSR count). The first-order valence-electron chi connectivity index (χ1n) is 25.8. The molecule has 0 fully saturated rings. The van der Waals surface area contributed by atoms with Crippen molar-refractivity contribution < 1.29 is 28.6 Å². The Hall–Kier alpha value is -2.11. The Morgan fingerprint density at radius 3 is 0.949 bits per heavy atom. The number of carbonyl (C=O) groups is 3. The smallest absolute Gasteiger partial charge is 0.306 e. The zero-order chi connectivity index (χ0) is 43.0. The first-order chi connectivity index (χ1) is 29.0. The first-order valence-corrected chi connectivity index (χ1v) is 25.8. The fraction of sp³-hybridized carbons (Fsp3) is 0.868. The van der Waals surface area contributed by atoms with E-state index in [2.05, 4.69) is 45.1 Å². The van der Waals surface area contributed by atoms with Crippen molar-refractivity contribution in [3.63, 3.8) is 0 Å². The predicted molar refractivity (Wildman–Crippen MR) is 252 cm³/mol. The molecule has 0 N–H and O–H groups in total. The number of carbonyl (C=O) groups excluding carboxylic acids is 3. The van der Waals surface area contributed by atoms with E-state index in [1.807, 2.05) is 0 Å². The van der Waals surface area contributed by atoms with Crippen molar-refractivity contribution in [1.82, 2.24) is 0 Å². The zero-order valence-electron chi connectivity index (χ0n) is 39.5. The average Bonchev–Trinajstić information content (AvgIpc) is 3.23. The van der Waals surface area contributed by atoms with E-state index in [9.17, 15) is 14.4 Å². The number of unbranched alkanes of at least 4 members (excludes halogenated alkanes) is 32. The summed E-state index contributed by atoms with van der Waals surface area (Å²) in [4.78, 5) is 37.9. The summed E-state index contributed by atoms with van der Waals surface area (Å²) in [6, 6.07) is 0. The molecular formula is C53H98O6. The van der Waals surface area contributed by atoms with Gasteiger partial charge < -0.3 is 14.2 Å². The molecule has 0 bridgehead atoms. The minimum Gasteiger partial charge on any atom is -0.462 e. The molecule has 0 aromatic carbocycles. The van der Waals surface area contributed by atoms with Gasteiger partial charge in [0.1, 0.15) is 13.2 Å². The Bertz CT molecular complexity index is 958. The lowest BCUT2D eigenvalue weighted by atomic mass is 10.0. The highest BCUT2D eigenvalue weighted by Gasteiger charge is 2.19. The van der Waals surface area contributed by atoms with Crippen molar-refractivity contribution in [1.29, 1.82) is 0 Å². The third-order valence-corrected chi connectivity index (χ3v) is 11.5. The van der Waals surface area contributed by atoms with E-state index in [4.69, 9.17) is 14.2 Å². The van der Waals surface area contributed by atoms with Crippen molar-refractivity contribution in [2.45, 2.75) is 284 Å². The molecule has 0 amide bonds. The molecule has 0 aliphatic rings. The average molecular weight is 831 g/mol. The lowest BCUT2D eigenvalue weighted by Gasteiger charge is -2.18. The molecule has 346 valence electrons. The summed E-state index contributed by atoms with van der Waals surface area (Å²) in [5.74, 6) is -0.867. The largest absolute Gasteiger partial charge is 0.462 e. The van der Waals surface area contributed by atoms with Gasteiger partial charge in [-0.25, -0.2) is 0 Å². The quantitative estimate of drug-likeness (QED) is 0.0263. The fourth-order valence-corrected chi connectivity index (χ4v) is 7.53. The predicted octanol–water partition coefficient (Wildman–Crippen LogP) is 16.8. The zero-order valence-corrected chi connectivity index (χ0v) is 39.5. The monoisotopic (exact) mass is 831 g/mol. The van der Waals surface area contributed by atoms with Gasteiger partial charge in [0.05, 0.1) is 0 Å². The number of hydrogen-bond acceptors (Lipinski definition) is 6. The third-order valence-electron chi connectivity index (χ3n) is 11.5. The third kappa shape index (κ3) is 46.8. The van der Waals surface area contributed by atoms with Gasteiger partial charge in [0.2, 0.25) is 0 Å². The maximum Gasteiger partial charge on any atom is 0.306 e. The van der Waals surface area contributed by atoms with Crippen LogP contribution in [-0.4, -0.2) is 37.2 Å². The van der Waals surface area contributed by atoms with E-state index >= 15 is 0 Å². The van der Waals surface area contributed by atoms with E-state index in [1.165, 1.54) is 167 Å². The van der Waals surface area contributed by atoms with Crippen molar-refractivity contribution in [3.05, 3.63) is 24.3 Å². The molecule has 1 atom stereocenters. The van der Waals surface area contributed by atoms with Crippen LogP contribution in [0, 0.1) is 0 Å². The summed E-state index contributed by atoms with van der Waals surface area (Å²) in [6.45, 7) is 6.62. The molecule has 0 radical (unpaired) electrons. The summed E-state index contributed by atoms with van der Waals surface area (Å²) in [5.41, 5.74) is 0. The molecule has 0 aliphatic carbocycles. The fourth-order valence-electron chi connectivity index (χ4n) is 7.53. The van der Waals surface area contributed by atoms with Crippen LogP contribution in [-0.2, 0) is 28.6 Å². The van der Waals surface area contributed by atoms with E-state index in [-0.39, 0.29) is 31.1 Å². The van der Waals surface area contributed by atoms with E-state index in [0.717, 1.165) is 70.6 Å². The summed E-state index contributed by atoms with van der Waals surface area (Å²) in [6.07, 6.45) is 54.5. The number of esters is 3. The maximum atomic E-state index is 12.8. The van der Waals surface area contributed by atoms with Crippen molar-refractivity contribution in [3.8, 4) is 0 Å². The Kier molecular flexibility index (Phi) is 46.8. The van der Waals surface area contributed by atoms with Crippen LogP contribution in [0.3, 0.4) is 0 Å². The molecule has 0 aromatic heterocycles. The minimum atomic E-state index is -0.767. The van der Waals surface area contributed by atoms with Crippen molar-refractivity contribution in [2.75, 3.05) is 13.2 Å². The van der Waals surface area contributed by atoms with Gasteiger partial charge in [-0.05, 0) is 51.4 Å². The second-order valence-corrected chi connectivity index (χ2v) is 17.4. The van der Waals surface area contributed by atoms with Crippen LogP contribution >= 0.6 is 0 Å². The Labute approximate surface area is 366 Å². The van der Waals surface area contributed by atoms with Crippen LogP contribution in [0.2, 0.25) is 0 Å². The molecule has 0 aromatic rings. The number of allylic oxidation sites excluding steroid dienone is 4. The lowest BCUT2D eigenvalue weighted by molar-refractivity contribution is -0.167. The number of rotatable bonds is 47. The Morgan fingerprint density at radius 2 is 0.610 bits per heavy atom. The highest BCUT2D eigenvalue weighted by molar-refractivity contribution is 5.71. The molecule has 0 heterocycles. The van der Waals surface area contributed by atoms with Gasteiger partial charge in [-0.3, -0.25) is 14.4 Å². The van der Waals surface area contributed by atoms with Crippen LogP contribution in [0.5, 0.6) is 0 Å². The Morgan fingerprint density at radius 1 is 0.339 bits per heavy atom. The van der Waals surface area contributed by atoms with Crippen LogP contribution in [0.4, 0.5) is 0 Å². The van der Waals surface area contributed by atoms with E-state index < -0.39 is 6.10 Å². The standard InChI is InChI=1S/C53H98O6/c1-4-7-10-13-16-19-21-23-25-26-27-28-30-31-34-37-40-43-46-52(55)58-49-50(48-57-51(54)45-42-39-36-33-18-15-12-9-6-3)59-53(56)47-44-41-38-35-32-29-24-22-20-17-14-11-8-5-2/h19,21,25-26,50H,4-18,20,22-24,27-49H2,1-3H3/b21-19-,26-25-. The number of ether oxygens (including phenoxy) is 3. The molecule has 0 saturated carbocycles. The van der Waals surface area contributed by atoms with Crippen molar-refractivity contribution in [2.24, 2.45) is 0 Å². The van der Waals surface area contributed by atoms with E-state index in [1.54, 1.807) is 0 Å². The molecule has 6 nitrogen and oxygen atoms in total. The second-order valence-electron chi connectivity index (χ2n) is 17.4. The highest BCUT2D eigenvalue weighted by Crippen LogP contribution is 2.16. The van der Waals surface area contributed by atoms with Crippen molar-refractivity contribution >= 4 is 17.9 Å².